The fourth-order valence-corrected chi connectivity index (χ4v) is 3.94. The second-order valence-electron chi connectivity index (χ2n) is 8.33. The maximum absolute atomic E-state index is 14.3. The number of hydrogen-bond donors (Lipinski definition) is 2. The molecule has 2 aromatic rings. The first kappa shape index (κ1) is 18.9. The van der Waals surface area contributed by atoms with E-state index in [1.54, 1.807) is 6.07 Å². The van der Waals surface area contributed by atoms with Gasteiger partial charge in [0.15, 0.2) is 0 Å². The monoisotopic (exact) mass is 381 g/mol. The van der Waals surface area contributed by atoms with Crippen LogP contribution < -0.4 is 15.5 Å². The van der Waals surface area contributed by atoms with Crippen molar-refractivity contribution in [3.63, 3.8) is 0 Å². The first-order valence-corrected chi connectivity index (χ1v) is 10.1. The highest BCUT2D eigenvalue weighted by molar-refractivity contribution is 5.95. The molecule has 2 fully saturated rings. The number of nitrogens with zero attached hydrogens (tertiary/aromatic N) is 1. The van der Waals surface area contributed by atoms with Crippen molar-refractivity contribution in [1.29, 1.82) is 0 Å². The minimum Gasteiger partial charge on any atom is -0.371 e. The molecule has 2 atom stereocenters. The topological polar surface area (TPSA) is 44.4 Å². The summed E-state index contributed by atoms with van der Waals surface area (Å²) in [5, 5.41) is 6.41. The Hall–Kier alpha value is -2.40. The molecule has 2 N–H and O–H groups in total. The molecule has 1 aliphatic heterocycles. The molecule has 0 radical (unpaired) electrons. The number of rotatable bonds is 7. The highest BCUT2D eigenvalue weighted by Gasteiger charge is 2.39. The summed E-state index contributed by atoms with van der Waals surface area (Å²) < 4.78 is 14.3. The number of nitrogens with one attached hydrogen (secondary N) is 2. The number of halogens is 1. The average molecular weight is 381 g/mol. The molecule has 1 amide bonds. The first-order chi connectivity index (χ1) is 13.5. The lowest BCUT2D eigenvalue weighted by molar-refractivity contribution is 0.0939. The lowest BCUT2D eigenvalue weighted by Gasteiger charge is -2.41. The molecule has 4 nitrogen and oxygen atoms in total. The second kappa shape index (κ2) is 7.92. The van der Waals surface area contributed by atoms with Gasteiger partial charge in [-0.1, -0.05) is 30.3 Å². The molecular formula is C23H28FN3O. The van der Waals surface area contributed by atoms with Crippen molar-refractivity contribution >= 4 is 11.6 Å². The molecule has 5 heteroatoms. The van der Waals surface area contributed by atoms with Crippen LogP contribution in [0, 0.1) is 11.7 Å². The van der Waals surface area contributed by atoms with E-state index in [4.69, 9.17) is 0 Å². The van der Waals surface area contributed by atoms with Crippen LogP contribution in [0.5, 0.6) is 0 Å². The van der Waals surface area contributed by atoms with Crippen LogP contribution in [0.1, 0.15) is 42.1 Å². The summed E-state index contributed by atoms with van der Waals surface area (Å²) in [5.74, 6) is 0.419. The second-order valence-corrected chi connectivity index (χ2v) is 8.33. The molecule has 1 aliphatic carbocycles. The van der Waals surface area contributed by atoms with Gasteiger partial charge in [0.2, 0.25) is 0 Å². The van der Waals surface area contributed by atoms with Crippen LogP contribution in [0.2, 0.25) is 0 Å². The Morgan fingerprint density at radius 3 is 2.61 bits per heavy atom. The van der Waals surface area contributed by atoms with Gasteiger partial charge in [-0.15, -0.1) is 0 Å². The predicted octanol–water partition coefficient (Wildman–Crippen LogP) is 3.55. The lowest BCUT2D eigenvalue weighted by atomic mass is 9.98. The van der Waals surface area contributed by atoms with E-state index >= 15 is 0 Å². The highest BCUT2D eigenvalue weighted by atomic mass is 19.1. The molecule has 1 saturated carbocycles. The molecule has 0 bridgehead atoms. The molecule has 2 aliphatic rings. The van der Waals surface area contributed by atoms with Gasteiger partial charge in [-0.2, -0.15) is 0 Å². The van der Waals surface area contributed by atoms with Crippen LogP contribution >= 0.6 is 0 Å². The van der Waals surface area contributed by atoms with Gasteiger partial charge in [-0.25, -0.2) is 4.39 Å². The number of carbonyl (C=O) groups excluding carboxylic acids is 1. The van der Waals surface area contributed by atoms with Crippen molar-refractivity contribution < 1.29 is 9.18 Å². The van der Waals surface area contributed by atoms with E-state index in [0.717, 1.165) is 25.3 Å². The highest BCUT2D eigenvalue weighted by Crippen LogP contribution is 2.40. The number of amides is 1. The molecule has 0 spiro atoms. The van der Waals surface area contributed by atoms with Gasteiger partial charge in [0.05, 0.1) is 5.56 Å². The Bertz CT molecular complexity index is 833. The third kappa shape index (κ3) is 4.20. The van der Waals surface area contributed by atoms with E-state index in [0.29, 0.717) is 17.9 Å². The Labute approximate surface area is 166 Å². The fraction of sp³-hybridized carbons (Fsp3) is 0.435. The van der Waals surface area contributed by atoms with Crippen molar-refractivity contribution in [3.05, 3.63) is 65.5 Å². The van der Waals surface area contributed by atoms with Crippen molar-refractivity contribution in [3.8, 4) is 0 Å². The van der Waals surface area contributed by atoms with E-state index in [9.17, 15) is 9.18 Å². The largest absolute Gasteiger partial charge is 0.371 e. The smallest absolute Gasteiger partial charge is 0.254 e. The molecule has 28 heavy (non-hydrogen) atoms. The quantitative estimate of drug-likeness (QED) is 0.771. The molecule has 0 aromatic heterocycles. The van der Waals surface area contributed by atoms with E-state index in [1.165, 1.54) is 18.1 Å². The van der Waals surface area contributed by atoms with Crippen molar-refractivity contribution in [2.24, 2.45) is 5.92 Å². The van der Waals surface area contributed by atoms with E-state index in [1.807, 2.05) is 19.9 Å². The van der Waals surface area contributed by atoms with Crippen molar-refractivity contribution in [2.45, 2.75) is 38.3 Å². The van der Waals surface area contributed by atoms with Gasteiger partial charge in [0.1, 0.15) is 5.82 Å². The molecule has 4 rings (SSSR count). The maximum Gasteiger partial charge on any atom is 0.254 e. The van der Waals surface area contributed by atoms with Crippen LogP contribution in [0.4, 0.5) is 10.1 Å². The van der Waals surface area contributed by atoms with Crippen LogP contribution in [0.25, 0.3) is 0 Å². The summed E-state index contributed by atoms with van der Waals surface area (Å²) in [6, 6.07) is 16.2. The van der Waals surface area contributed by atoms with Crippen LogP contribution in [-0.4, -0.2) is 37.6 Å². The number of carbonyl (C=O) groups is 1. The minimum absolute atomic E-state index is 0.0110. The average Bonchev–Trinajstić information content (AvgIpc) is 3.40. The van der Waals surface area contributed by atoms with Crippen molar-refractivity contribution in [1.82, 2.24) is 10.6 Å². The summed E-state index contributed by atoms with van der Waals surface area (Å²) in [5.41, 5.74) is 2.38. The predicted molar refractivity (Wildman–Crippen MR) is 110 cm³/mol. The Morgan fingerprint density at radius 1 is 1.18 bits per heavy atom. The summed E-state index contributed by atoms with van der Waals surface area (Å²) in [4.78, 5) is 14.2. The third-order valence-corrected chi connectivity index (χ3v) is 5.63. The van der Waals surface area contributed by atoms with Crippen LogP contribution in [0.3, 0.4) is 0 Å². The van der Waals surface area contributed by atoms with Gasteiger partial charge < -0.3 is 15.5 Å². The third-order valence-electron chi connectivity index (χ3n) is 5.63. The maximum atomic E-state index is 14.3. The summed E-state index contributed by atoms with van der Waals surface area (Å²) >= 11 is 0. The van der Waals surface area contributed by atoms with Gasteiger partial charge in [0, 0.05) is 49.2 Å². The fourth-order valence-electron chi connectivity index (χ4n) is 3.94. The van der Waals surface area contributed by atoms with E-state index in [-0.39, 0.29) is 17.5 Å². The number of benzene rings is 2. The molecule has 0 unspecified atom stereocenters. The zero-order valence-corrected chi connectivity index (χ0v) is 16.5. The molecular weight excluding hydrogens is 353 g/mol. The van der Waals surface area contributed by atoms with Crippen molar-refractivity contribution in [2.75, 3.05) is 24.5 Å². The van der Waals surface area contributed by atoms with Crippen LogP contribution in [-0.2, 0) is 0 Å². The molecule has 1 saturated heterocycles. The van der Waals surface area contributed by atoms with Gasteiger partial charge in [-0.05, 0) is 44.0 Å². The van der Waals surface area contributed by atoms with E-state index in [2.05, 4.69) is 45.9 Å². The van der Waals surface area contributed by atoms with Crippen LogP contribution in [0.15, 0.2) is 48.5 Å². The van der Waals surface area contributed by atoms with Gasteiger partial charge >= 0.3 is 0 Å². The Kier molecular flexibility index (Phi) is 5.36. The lowest BCUT2D eigenvalue weighted by Crippen LogP contribution is -2.51. The SMILES string of the molecule is CC(C)NC(=O)c1ccc(N2CC(CN[C@@H]3C[C@H]3c3ccccc3)C2)cc1F. The first-order valence-electron chi connectivity index (χ1n) is 10.1. The molecule has 1 heterocycles. The summed E-state index contributed by atoms with van der Waals surface area (Å²) in [6.07, 6.45) is 1.21. The van der Waals surface area contributed by atoms with E-state index < -0.39 is 5.82 Å². The minimum atomic E-state index is -0.457. The zero-order chi connectivity index (χ0) is 19.7. The van der Waals surface area contributed by atoms with Gasteiger partial charge in [-0.3, -0.25) is 4.79 Å². The zero-order valence-electron chi connectivity index (χ0n) is 16.5. The molecule has 2 aromatic carbocycles. The standard InChI is InChI=1S/C23H28FN3O/c1-15(2)26-23(28)19-9-8-18(10-21(19)24)27-13-16(14-27)12-25-22-11-20(22)17-6-4-3-5-7-17/h3-10,15-16,20,22,25H,11-14H2,1-2H3,(H,26,28)/t20-,22+/m0/s1. The summed E-state index contributed by atoms with van der Waals surface area (Å²) in [6.45, 7) is 6.57. The Balaban J connectivity index is 1.23. The normalized spacial score (nSPS) is 21.5. The Morgan fingerprint density at radius 2 is 1.93 bits per heavy atom. The molecule has 148 valence electrons. The number of hydrogen-bond acceptors (Lipinski definition) is 3. The number of anilines is 1. The summed E-state index contributed by atoms with van der Waals surface area (Å²) in [7, 11) is 0. The van der Waals surface area contributed by atoms with Gasteiger partial charge in [0.25, 0.3) is 5.91 Å².